The fraction of sp³-hybridized carbons (Fsp3) is 0.429. The largest absolute Gasteiger partial charge is 0.444 e. The van der Waals surface area contributed by atoms with E-state index in [-0.39, 0.29) is 11.8 Å². The third-order valence-electron chi connectivity index (χ3n) is 4.40. The highest BCUT2D eigenvalue weighted by molar-refractivity contribution is 7.89. The number of rotatable bonds is 4. The summed E-state index contributed by atoms with van der Waals surface area (Å²) < 4.78 is 28.3. The molecule has 1 aliphatic rings. The van der Waals surface area contributed by atoms with Crippen molar-refractivity contribution in [3.8, 4) is 0 Å². The van der Waals surface area contributed by atoms with Crippen LogP contribution in [0.25, 0.3) is 0 Å². The number of sulfone groups is 1. The molecule has 1 amide bonds. The third-order valence-corrected chi connectivity index (χ3v) is 5.26. The molecule has 2 aromatic rings. The van der Waals surface area contributed by atoms with E-state index in [0.29, 0.717) is 18.9 Å². The highest BCUT2D eigenvalue weighted by Gasteiger charge is 2.26. The van der Waals surface area contributed by atoms with Gasteiger partial charge in [0, 0.05) is 31.2 Å². The predicted octanol–water partition coefficient (Wildman–Crippen LogP) is 3.66. The van der Waals surface area contributed by atoms with Gasteiger partial charge in [0.1, 0.15) is 11.4 Å². The number of carbonyl (C=O) groups is 1. The summed E-state index contributed by atoms with van der Waals surface area (Å²) in [6.45, 7) is 6.66. The van der Waals surface area contributed by atoms with Gasteiger partial charge in [-0.25, -0.2) is 18.2 Å². The smallest absolute Gasteiger partial charge is 0.410 e. The van der Waals surface area contributed by atoms with E-state index < -0.39 is 15.4 Å². The Labute approximate surface area is 172 Å². The van der Waals surface area contributed by atoms with E-state index in [1.54, 1.807) is 17.0 Å². The summed E-state index contributed by atoms with van der Waals surface area (Å²) in [4.78, 5) is 18.5. The van der Waals surface area contributed by atoms with Crippen LogP contribution < -0.4 is 5.32 Å². The molecular formula is C21H27N3O4S. The molecule has 156 valence electrons. The molecule has 0 radical (unpaired) electrons. The Morgan fingerprint density at radius 2 is 1.90 bits per heavy atom. The number of aromatic nitrogens is 1. The number of benzene rings is 1. The summed E-state index contributed by atoms with van der Waals surface area (Å²) >= 11 is 0. The number of fused-ring (bicyclic) bond motifs is 1. The summed E-state index contributed by atoms with van der Waals surface area (Å²) in [6.07, 6.45) is 3.48. The molecule has 0 unspecified atom stereocenters. The van der Waals surface area contributed by atoms with Crippen LogP contribution in [0.3, 0.4) is 0 Å². The molecule has 0 atom stereocenters. The SMILES string of the molecule is CC(C)(C)OC(=O)N1CCc2cnc(Nc3ccc(CS(C)(=O)=O)cc3)cc2C1. The van der Waals surface area contributed by atoms with Gasteiger partial charge in [-0.05, 0) is 62.1 Å². The Hall–Kier alpha value is -2.61. The van der Waals surface area contributed by atoms with Gasteiger partial charge in [0.2, 0.25) is 0 Å². The molecule has 0 bridgehead atoms. The standard InChI is InChI=1S/C21H27N3O4S/c1-21(2,3)28-20(25)24-10-9-16-12-22-19(11-17(16)13-24)23-18-7-5-15(6-8-18)14-29(4,26)27/h5-8,11-12H,9-10,13-14H2,1-4H3,(H,22,23). The van der Waals surface area contributed by atoms with Gasteiger partial charge in [0.05, 0.1) is 5.75 Å². The Balaban J connectivity index is 1.69. The quantitative estimate of drug-likeness (QED) is 0.817. The maximum Gasteiger partial charge on any atom is 0.410 e. The normalized spacial score (nSPS) is 14.3. The molecule has 2 heterocycles. The van der Waals surface area contributed by atoms with Crippen molar-refractivity contribution in [2.45, 2.75) is 45.1 Å². The van der Waals surface area contributed by atoms with E-state index in [9.17, 15) is 13.2 Å². The molecule has 8 heteroatoms. The lowest BCUT2D eigenvalue weighted by atomic mass is 10.0. The van der Waals surface area contributed by atoms with Gasteiger partial charge in [-0.15, -0.1) is 0 Å². The van der Waals surface area contributed by atoms with Crippen LogP contribution in [-0.2, 0) is 33.3 Å². The molecule has 0 saturated carbocycles. The lowest BCUT2D eigenvalue weighted by Gasteiger charge is -2.31. The van der Waals surface area contributed by atoms with Gasteiger partial charge in [-0.2, -0.15) is 0 Å². The molecule has 0 spiro atoms. The van der Waals surface area contributed by atoms with Crippen molar-refractivity contribution in [2.75, 3.05) is 18.1 Å². The zero-order valence-corrected chi connectivity index (χ0v) is 18.0. The Morgan fingerprint density at radius 3 is 2.52 bits per heavy atom. The van der Waals surface area contributed by atoms with E-state index in [1.165, 1.54) is 6.26 Å². The van der Waals surface area contributed by atoms with Crippen molar-refractivity contribution in [2.24, 2.45) is 0 Å². The van der Waals surface area contributed by atoms with Crippen molar-refractivity contribution in [1.29, 1.82) is 0 Å². The van der Waals surface area contributed by atoms with E-state index in [2.05, 4.69) is 10.3 Å². The average molecular weight is 418 g/mol. The number of ether oxygens (including phenoxy) is 1. The minimum absolute atomic E-state index is 0.0187. The summed E-state index contributed by atoms with van der Waals surface area (Å²) in [5, 5.41) is 3.23. The summed E-state index contributed by atoms with van der Waals surface area (Å²) in [6, 6.07) is 9.16. The number of hydrogen-bond donors (Lipinski definition) is 1. The molecule has 1 aromatic carbocycles. The van der Waals surface area contributed by atoms with Gasteiger partial charge in [0.25, 0.3) is 0 Å². The van der Waals surface area contributed by atoms with Crippen LogP contribution in [0.1, 0.15) is 37.5 Å². The van der Waals surface area contributed by atoms with Crippen LogP contribution in [0.15, 0.2) is 36.5 Å². The van der Waals surface area contributed by atoms with Crippen molar-refractivity contribution in [3.63, 3.8) is 0 Å². The van der Waals surface area contributed by atoms with Crippen LogP contribution in [0.2, 0.25) is 0 Å². The van der Waals surface area contributed by atoms with Crippen LogP contribution in [0.5, 0.6) is 0 Å². The monoisotopic (exact) mass is 417 g/mol. The Bertz CT molecular complexity index is 996. The Morgan fingerprint density at radius 1 is 1.21 bits per heavy atom. The minimum atomic E-state index is -3.06. The van der Waals surface area contributed by atoms with E-state index in [1.807, 2.05) is 45.2 Å². The fourth-order valence-electron chi connectivity index (χ4n) is 3.12. The van der Waals surface area contributed by atoms with Crippen LogP contribution in [-0.4, -0.2) is 42.8 Å². The molecule has 29 heavy (non-hydrogen) atoms. The van der Waals surface area contributed by atoms with Gasteiger partial charge >= 0.3 is 6.09 Å². The van der Waals surface area contributed by atoms with Crippen molar-refractivity contribution >= 4 is 27.4 Å². The number of anilines is 2. The number of pyridine rings is 1. The fourth-order valence-corrected chi connectivity index (χ4v) is 3.92. The lowest BCUT2D eigenvalue weighted by Crippen LogP contribution is -2.39. The molecular weight excluding hydrogens is 390 g/mol. The summed E-state index contributed by atoms with van der Waals surface area (Å²) in [5.41, 5.74) is 3.19. The number of carbonyl (C=O) groups excluding carboxylic acids is 1. The van der Waals surface area contributed by atoms with Crippen LogP contribution >= 0.6 is 0 Å². The van der Waals surface area contributed by atoms with Gasteiger partial charge in [0.15, 0.2) is 9.84 Å². The first-order chi connectivity index (χ1) is 13.5. The topological polar surface area (TPSA) is 88.6 Å². The number of nitrogens with zero attached hydrogens (tertiary/aromatic N) is 2. The minimum Gasteiger partial charge on any atom is -0.444 e. The third kappa shape index (κ3) is 6.19. The Kier molecular flexibility index (Phi) is 5.84. The van der Waals surface area contributed by atoms with Crippen LogP contribution in [0.4, 0.5) is 16.3 Å². The summed E-state index contributed by atoms with van der Waals surface area (Å²) in [7, 11) is -3.06. The summed E-state index contributed by atoms with van der Waals surface area (Å²) in [5.74, 6) is 0.691. The van der Waals surface area contributed by atoms with Crippen molar-refractivity contribution in [1.82, 2.24) is 9.88 Å². The molecule has 0 aliphatic carbocycles. The highest BCUT2D eigenvalue weighted by Crippen LogP contribution is 2.24. The molecule has 1 N–H and O–H groups in total. The zero-order valence-electron chi connectivity index (χ0n) is 17.2. The first-order valence-corrected chi connectivity index (χ1v) is 11.5. The van der Waals surface area contributed by atoms with Crippen molar-refractivity contribution in [3.05, 3.63) is 53.2 Å². The predicted molar refractivity (Wildman–Crippen MR) is 113 cm³/mol. The number of amides is 1. The zero-order chi connectivity index (χ0) is 21.2. The molecule has 1 aliphatic heterocycles. The lowest BCUT2D eigenvalue weighted by molar-refractivity contribution is 0.0224. The highest BCUT2D eigenvalue weighted by atomic mass is 32.2. The number of nitrogens with one attached hydrogen (secondary N) is 1. The maximum atomic E-state index is 12.4. The second-order valence-electron chi connectivity index (χ2n) is 8.38. The molecule has 0 fully saturated rings. The number of hydrogen-bond acceptors (Lipinski definition) is 6. The van der Waals surface area contributed by atoms with E-state index in [0.717, 1.165) is 28.8 Å². The van der Waals surface area contributed by atoms with Crippen molar-refractivity contribution < 1.29 is 17.9 Å². The van der Waals surface area contributed by atoms with E-state index >= 15 is 0 Å². The first kappa shape index (κ1) is 21.1. The van der Waals surface area contributed by atoms with Crippen LogP contribution in [0, 0.1) is 0 Å². The average Bonchev–Trinajstić information content (AvgIpc) is 2.60. The van der Waals surface area contributed by atoms with Gasteiger partial charge in [-0.1, -0.05) is 12.1 Å². The maximum absolute atomic E-state index is 12.4. The second-order valence-corrected chi connectivity index (χ2v) is 10.5. The van der Waals surface area contributed by atoms with Gasteiger partial charge in [-0.3, -0.25) is 0 Å². The molecule has 3 rings (SSSR count). The van der Waals surface area contributed by atoms with Gasteiger partial charge < -0.3 is 15.0 Å². The second kappa shape index (κ2) is 8.02. The molecule has 0 saturated heterocycles. The molecule has 1 aromatic heterocycles. The van der Waals surface area contributed by atoms with E-state index in [4.69, 9.17) is 4.74 Å². The first-order valence-electron chi connectivity index (χ1n) is 9.48. The molecule has 7 nitrogen and oxygen atoms in total.